The van der Waals surface area contributed by atoms with Crippen molar-refractivity contribution < 1.29 is 18.0 Å². The molecule has 2 rings (SSSR count). The van der Waals surface area contributed by atoms with Crippen LogP contribution in [0.3, 0.4) is 0 Å². The summed E-state index contributed by atoms with van der Waals surface area (Å²) in [5, 5.41) is 2.95. The van der Waals surface area contributed by atoms with E-state index in [1.54, 1.807) is 0 Å². The summed E-state index contributed by atoms with van der Waals surface area (Å²) in [5.74, 6) is -1.64. The van der Waals surface area contributed by atoms with Crippen LogP contribution in [0.25, 0.3) is 0 Å². The fraction of sp³-hybridized carbons (Fsp3) is 0.944. The topological polar surface area (TPSA) is 35.6 Å². The summed E-state index contributed by atoms with van der Waals surface area (Å²) in [6, 6.07) is 0.236. The number of nitrogens with zero attached hydrogens (tertiary/aromatic N) is 2. The number of carbonyl (C=O) groups is 1. The average Bonchev–Trinajstić information content (AvgIpc) is 2.55. The summed E-state index contributed by atoms with van der Waals surface area (Å²) in [4.78, 5) is 17.1. The standard InChI is InChI=1S/C18H32F3N3O/c1-13(2)16(24-9-7-23(3)8-10-24)12-22-17(25)14-5-4-6-15(11-14)18(19,20)21/h13-16H,4-12H2,1-3H3,(H,22,25). The highest BCUT2D eigenvalue weighted by atomic mass is 19.4. The van der Waals surface area contributed by atoms with Crippen LogP contribution in [-0.4, -0.2) is 67.7 Å². The van der Waals surface area contributed by atoms with Crippen LogP contribution in [0.1, 0.15) is 39.5 Å². The number of hydrogen-bond acceptors (Lipinski definition) is 3. The number of amides is 1. The van der Waals surface area contributed by atoms with Crippen LogP contribution in [0, 0.1) is 17.8 Å². The fourth-order valence-corrected chi connectivity index (χ4v) is 4.01. The molecule has 0 aromatic heterocycles. The normalized spacial score (nSPS) is 28.1. The molecule has 1 aliphatic heterocycles. The summed E-state index contributed by atoms with van der Waals surface area (Å²) in [6.07, 6.45) is -3.04. The van der Waals surface area contributed by atoms with E-state index in [1.165, 1.54) is 0 Å². The van der Waals surface area contributed by atoms with Crippen molar-refractivity contribution in [2.75, 3.05) is 39.8 Å². The largest absolute Gasteiger partial charge is 0.391 e. The quantitative estimate of drug-likeness (QED) is 0.816. The van der Waals surface area contributed by atoms with E-state index in [4.69, 9.17) is 0 Å². The van der Waals surface area contributed by atoms with Gasteiger partial charge in [0.15, 0.2) is 0 Å². The lowest BCUT2D eigenvalue weighted by Crippen LogP contribution is -2.54. The van der Waals surface area contributed by atoms with Gasteiger partial charge in [0.25, 0.3) is 0 Å². The molecule has 2 fully saturated rings. The molecule has 25 heavy (non-hydrogen) atoms. The van der Waals surface area contributed by atoms with E-state index in [1.807, 2.05) is 0 Å². The predicted molar refractivity (Wildman–Crippen MR) is 92.2 cm³/mol. The van der Waals surface area contributed by atoms with E-state index in [2.05, 4.69) is 36.0 Å². The van der Waals surface area contributed by atoms with Crippen LogP contribution < -0.4 is 5.32 Å². The minimum Gasteiger partial charge on any atom is -0.354 e. The Hall–Kier alpha value is -0.820. The molecule has 146 valence electrons. The Morgan fingerprint density at radius 2 is 1.80 bits per heavy atom. The zero-order valence-corrected chi connectivity index (χ0v) is 15.6. The highest BCUT2D eigenvalue weighted by Gasteiger charge is 2.43. The lowest BCUT2D eigenvalue weighted by atomic mass is 9.80. The van der Waals surface area contributed by atoms with Gasteiger partial charge in [0, 0.05) is 44.7 Å². The number of halogens is 3. The Morgan fingerprint density at radius 3 is 2.36 bits per heavy atom. The van der Waals surface area contributed by atoms with Crippen molar-refractivity contribution in [3.8, 4) is 0 Å². The molecule has 0 radical (unpaired) electrons. The molecule has 1 saturated heterocycles. The third-order valence-corrected chi connectivity index (χ3v) is 5.77. The third-order valence-electron chi connectivity index (χ3n) is 5.77. The molecule has 0 aromatic rings. The molecule has 0 aromatic carbocycles. The number of hydrogen-bond donors (Lipinski definition) is 1. The molecule has 7 heteroatoms. The van der Waals surface area contributed by atoms with Gasteiger partial charge in [-0.2, -0.15) is 13.2 Å². The Bertz CT molecular complexity index is 434. The van der Waals surface area contributed by atoms with Gasteiger partial charge in [-0.25, -0.2) is 0 Å². The van der Waals surface area contributed by atoms with Gasteiger partial charge < -0.3 is 10.2 Å². The average molecular weight is 363 g/mol. The maximum Gasteiger partial charge on any atom is 0.391 e. The number of piperazine rings is 1. The molecule has 3 unspecified atom stereocenters. The van der Waals surface area contributed by atoms with Crippen molar-refractivity contribution in [3.05, 3.63) is 0 Å². The first-order chi connectivity index (χ1) is 11.7. The van der Waals surface area contributed by atoms with Gasteiger partial charge in [0.05, 0.1) is 5.92 Å². The van der Waals surface area contributed by atoms with E-state index < -0.39 is 18.0 Å². The van der Waals surface area contributed by atoms with Gasteiger partial charge in [-0.15, -0.1) is 0 Å². The van der Waals surface area contributed by atoms with Crippen LogP contribution in [0.2, 0.25) is 0 Å². The van der Waals surface area contributed by atoms with Crippen molar-refractivity contribution in [1.29, 1.82) is 0 Å². The van der Waals surface area contributed by atoms with Crippen molar-refractivity contribution in [1.82, 2.24) is 15.1 Å². The molecule has 0 bridgehead atoms. The highest BCUT2D eigenvalue weighted by molar-refractivity contribution is 5.78. The molecule has 4 nitrogen and oxygen atoms in total. The SMILES string of the molecule is CC(C)C(CNC(=O)C1CCCC(C(F)(F)F)C1)N1CCN(C)CC1. The second-order valence-corrected chi connectivity index (χ2v) is 8.00. The summed E-state index contributed by atoms with van der Waals surface area (Å²) in [6.45, 7) is 8.74. The van der Waals surface area contributed by atoms with Gasteiger partial charge in [-0.05, 0) is 32.2 Å². The smallest absolute Gasteiger partial charge is 0.354 e. The molecule has 1 saturated carbocycles. The molecule has 1 aliphatic carbocycles. The lowest BCUT2D eigenvalue weighted by Gasteiger charge is -2.40. The van der Waals surface area contributed by atoms with Gasteiger partial charge in [-0.3, -0.25) is 9.69 Å². The highest BCUT2D eigenvalue weighted by Crippen LogP contribution is 2.39. The Kier molecular flexibility index (Phi) is 7.14. The van der Waals surface area contributed by atoms with Crippen LogP contribution in [0.15, 0.2) is 0 Å². The number of nitrogens with one attached hydrogen (secondary N) is 1. The van der Waals surface area contributed by atoms with E-state index in [0.29, 0.717) is 25.3 Å². The molecule has 1 amide bonds. The Morgan fingerprint density at radius 1 is 1.16 bits per heavy atom. The molecule has 0 spiro atoms. The van der Waals surface area contributed by atoms with Crippen LogP contribution in [-0.2, 0) is 4.79 Å². The number of carbonyl (C=O) groups excluding carboxylic acids is 1. The van der Waals surface area contributed by atoms with Crippen LogP contribution in [0.5, 0.6) is 0 Å². The first kappa shape index (κ1) is 20.5. The van der Waals surface area contributed by atoms with Crippen molar-refractivity contribution in [2.45, 2.75) is 51.7 Å². The first-order valence-electron chi connectivity index (χ1n) is 9.45. The fourth-order valence-electron chi connectivity index (χ4n) is 4.01. The number of alkyl halides is 3. The number of rotatable bonds is 5. The Balaban J connectivity index is 1.86. The number of likely N-dealkylation sites (N-methyl/N-ethyl adjacent to an activating group) is 1. The zero-order chi connectivity index (χ0) is 18.6. The summed E-state index contributed by atoms with van der Waals surface area (Å²) >= 11 is 0. The predicted octanol–water partition coefficient (Wildman–Crippen LogP) is 2.74. The van der Waals surface area contributed by atoms with E-state index in [-0.39, 0.29) is 24.8 Å². The van der Waals surface area contributed by atoms with E-state index >= 15 is 0 Å². The Labute approximate surface area is 149 Å². The second-order valence-electron chi connectivity index (χ2n) is 8.00. The van der Waals surface area contributed by atoms with Gasteiger partial charge in [-0.1, -0.05) is 20.3 Å². The van der Waals surface area contributed by atoms with Gasteiger partial charge in [0.2, 0.25) is 5.91 Å². The molecule has 2 aliphatic rings. The van der Waals surface area contributed by atoms with Crippen LogP contribution in [0.4, 0.5) is 13.2 Å². The van der Waals surface area contributed by atoms with Crippen LogP contribution >= 0.6 is 0 Å². The lowest BCUT2D eigenvalue weighted by molar-refractivity contribution is -0.186. The summed E-state index contributed by atoms with van der Waals surface area (Å²) < 4.78 is 38.8. The second kappa shape index (κ2) is 8.71. The molecule has 1 N–H and O–H groups in total. The molecule has 1 heterocycles. The molecule has 3 atom stereocenters. The summed E-state index contributed by atoms with van der Waals surface area (Å²) in [7, 11) is 2.10. The maximum absolute atomic E-state index is 12.9. The zero-order valence-electron chi connectivity index (χ0n) is 15.6. The minimum absolute atomic E-state index is 0.0593. The molecular formula is C18H32F3N3O. The summed E-state index contributed by atoms with van der Waals surface area (Å²) in [5.41, 5.74) is 0. The molecular weight excluding hydrogens is 331 g/mol. The van der Waals surface area contributed by atoms with Crippen molar-refractivity contribution in [2.24, 2.45) is 17.8 Å². The van der Waals surface area contributed by atoms with E-state index in [9.17, 15) is 18.0 Å². The minimum atomic E-state index is -4.18. The third kappa shape index (κ3) is 5.84. The van der Waals surface area contributed by atoms with Crippen molar-refractivity contribution in [3.63, 3.8) is 0 Å². The van der Waals surface area contributed by atoms with E-state index in [0.717, 1.165) is 26.2 Å². The van der Waals surface area contributed by atoms with Gasteiger partial charge in [0.1, 0.15) is 0 Å². The monoisotopic (exact) mass is 363 g/mol. The maximum atomic E-state index is 12.9. The van der Waals surface area contributed by atoms with Crippen molar-refractivity contribution >= 4 is 5.91 Å². The first-order valence-corrected chi connectivity index (χ1v) is 9.45. The van der Waals surface area contributed by atoms with Gasteiger partial charge >= 0.3 is 6.18 Å².